The predicted molar refractivity (Wildman–Crippen MR) is 137 cm³/mol. The van der Waals surface area contributed by atoms with Crippen molar-refractivity contribution in [3.8, 4) is 34.8 Å². The van der Waals surface area contributed by atoms with E-state index in [0.29, 0.717) is 41.8 Å². The Balaban J connectivity index is 1.59. The maximum Gasteiger partial charge on any atom is 0.349 e. The van der Waals surface area contributed by atoms with Crippen LogP contribution < -0.4 is 29.4 Å². The summed E-state index contributed by atoms with van der Waals surface area (Å²) in [4.78, 5) is 12.4. The first-order valence-corrected chi connectivity index (χ1v) is 11.9. The molecule has 1 unspecified atom stereocenters. The maximum absolute atomic E-state index is 12.4. The van der Waals surface area contributed by atoms with Gasteiger partial charge in [0.1, 0.15) is 28.9 Å². The highest BCUT2D eigenvalue weighted by molar-refractivity contribution is 5.74. The molecule has 0 aliphatic carbocycles. The number of carbonyl (C=O) groups is 1. The highest BCUT2D eigenvalue weighted by Gasteiger charge is 2.31. The summed E-state index contributed by atoms with van der Waals surface area (Å²) >= 11 is 0. The smallest absolute Gasteiger partial charge is 0.349 e. The van der Waals surface area contributed by atoms with Crippen LogP contribution in [0, 0.1) is 18.3 Å². The fourth-order valence-electron chi connectivity index (χ4n) is 4.10. The topological polar surface area (TPSA) is 113 Å². The van der Waals surface area contributed by atoms with Crippen molar-refractivity contribution < 1.29 is 28.5 Å². The van der Waals surface area contributed by atoms with Crippen LogP contribution in [0.15, 0.2) is 72.1 Å². The van der Waals surface area contributed by atoms with Gasteiger partial charge in [0.15, 0.2) is 18.1 Å². The lowest BCUT2D eigenvalue weighted by atomic mass is 9.83. The molecule has 0 saturated heterocycles. The fourth-order valence-corrected chi connectivity index (χ4v) is 4.10. The van der Waals surface area contributed by atoms with Gasteiger partial charge in [0, 0.05) is 11.6 Å². The summed E-state index contributed by atoms with van der Waals surface area (Å²) in [6.45, 7) is 6.42. The summed E-state index contributed by atoms with van der Waals surface area (Å²) in [6, 6.07) is 20.1. The van der Waals surface area contributed by atoms with E-state index in [1.165, 1.54) is 0 Å². The molecular weight excluding hydrogens is 472 g/mol. The van der Waals surface area contributed by atoms with Crippen molar-refractivity contribution in [3.05, 3.63) is 88.8 Å². The first-order valence-electron chi connectivity index (χ1n) is 11.9. The average molecular weight is 501 g/mol. The van der Waals surface area contributed by atoms with Crippen LogP contribution in [0.2, 0.25) is 0 Å². The molecule has 37 heavy (non-hydrogen) atoms. The molecule has 8 heteroatoms. The zero-order valence-electron chi connectivity index (χ0n) is 20.9. The van der Waals surface area contributed by atoms with Gasteiger partial charge in [0.05, 0.1) is 19.1 Å². The van der Waals surface area contributed by atoms with E-state index in [9.17, 15) is 10.1 Å². The minimum absolute atomic E-state index is 0.0156. The van der Waals surface area contributed by atoms with Crippen molar-refractivity contribution in [3.63, 3.8) is 0 Å². The Morgan fingerprint density at radius 3 is 2.49 bits per heavy atom. The van der Waals surface area contributed by atoms with Crippen molar-refractivity contribution >= 4 is 5.97 Å². The van der Waals surface area contributed by atoms with Gasteiger partial charge in [-0.1, -0.05) is 24.3 Å². The SMILES string of the molecule is CCOc1ccc(C2C(C#N)=C(N)Oc3cc(OC(=O)COc4cccc(C)c4)ccc32)cc1OCC. The molecule has 0 radical (unpaired) electrons. The van der Waals surface area contributed by atoms with Crippen LogP contribution in [0.1, 0.15) is 36.5 Å². The molecule has 0 aromatic heterocycles. The summed E-state index contributed by atoms with van der Waals surface area (Å²) in [5.74, 6) is 1.34. The standard InChI is InChI=1S/C29H28N2O6/c1-4-33-24-12-9-19(14-26(24)34-5-2)28-22-11-10-21(15-25(22)37-29(31)23(28)16-30)36-27(32)17-35-20-8-6-7-18(3)13-20/h6-15,28H,4-5,17,31H2,1-3H3. The lowest BCUT2D eigenvalue weighted by Gasteiger charge is -2.27. The molecule has 1 aliphatic heterocycles. The van der Waals surface area contributed by atoms with Crippen molar-refractivity contribution in [1.82, 2.24) is 0 Å². The van der Waals surface area contributed by atoms with Gasteiger partial charge in [0.2, 0.25) is 5.88 Å². The third kappa shape index (κ3) is 5.78. The summed E-state index contributed by atoms with van der Waals surface area (Å²) < 4.78 is 28.2. The molecule has 2 N–H and O–H groups in total. The number of ether oxygens (including phenoxy) is 5. The van der Waals surface area contributed by atoms with Crippen LogP contribution in [-0.2, 0) is 4.79 Å². The second kappa shape index (κ2) is 11.4. The van der Waals surface area contributed by atoms with Gasteiger partial charge in [-0.3, -0.25) is 0 Å². The van der Waals surface area contributed by atoms with Gasteiger partial charge in [-0.05, 0) is 62.2 Å². The minimum atomic E-state index is -0.567. The van der Waals surface area contributed by atoms with E-state index in [4.69, 9.17) is 29.4 Å². The number of fused-ring (bicyclic) bond motifs is 1. The number of esters is 1. The largest absolute Gasteiger partial charge is 0.490 e. The molecule has 190 valence electrons. The van der Waals surface area contributed by atoms with E-state index < -0.39 is 11.9 Å². The first kappa shape index (κ1) is 25.5. The normalized spacial score (nSPS) is 14.2. The minimum Gasteiger partial charge on any atom is -0.490 e. The van der Waals surface area contributed by atoms with Gasteiger partial charge < -0.3 is 29.4 Å². The molecule has 1 heterocycles. The highest BCUT2D eigenvalue weighted by atomic mass is 16.6. The predicted octanol–water partition coefficient (Wildman–Crippen LogP) is 5.00. The van der Waals surface area contributed by atoms with Crippen molar-refractivity contribution in [2.75, 3.05) is 19.8 Å². The van der Waals surface area contributed by atoms with Crippen LogP contribution in [0.4, 0.5) is 0 Å². The summed E-state index contributed by atoms with van der Waals surface area (Å²) in [7, 11) is 0. The Morgan fingerprint density at radius 1 is 0.973 bits per heavy atom. The van der Waals surface area contributed by atoms with E-state index in [1.54, 1.807) is 24.3 Å². The number of benzene rings is 3. The molecule has 1 atom stereocenters. The van der Waals surface area contributed by atoms with Gasteiger partial charge in [-0.2, -0.15) is 5.26 Å². The lowest BCUT2D eigenvalue weighted by molar-refractivity contribution is -0.136. The number of carbonyl (C=O) groups excluding carboxylic acids is 1. The zero-order chi connectivity index (χ0) is 26.4. The molecule has 3 aromatic rings. The molecule has 3 aromatic carbocycles. The van der Waals surface area contributed by atoms with Crippen molar-refractivity contribution in [2.45, 2.75) is 26.7 Å². The maximum atomic E-state index is 12.4. The molecule has 0 saturated carbocycles. The van der Waals surface area contributed by atoms with Crippen LogP contribution in [0.25, 0.3) is 0 Å². The molecule has 8 nitrogen and oxygen atoms in total. The molecular formula is C29H28N2O6. The molecule has 0 spiro atoms. The van der Waals surface area contributed by atoms with Crippen molar-refractivity contribution in [1.29, 1.82) is 5.26 Å². The summed E-state index contributed by atoms with van der Waals surface area (Å²) in [5, 5.41) is 9.87. The third-order valence-corrected chi connectivity index (χ3v) is 5.67. The number of nitrogens with zero attached hydrogens (tertiary/aromatic N) is 1. The number of aryl methyl sites for hydroxylation is 1. The van der Waals surface area contributed by atoms with Crippen molar-refractivity contribution in [2.24, 2.45) is 5.73 Å². The van der Waals surface area contributed by atoms with E-state index in [0.717, 1.165) is 11.1 Å². The Hall–Kier alpha value is -4.64. The quantitative estimate of drug-likeness (QED) is 0.323. The number of allylic oxidation sites excluding steroid dienone is 1. The molecule has 0 bridgehead atoms. The second-order valence-electron chi connectivity index (χ2n) is 8.28. The number of hydrogen-bond donors (Lipinski definition) is 1. The van der Waals surface area contributed by atoms with Gasteiger partial charge in [-0.25, -0.2) is 4.79 Å². The van der Waals surface area contributed by atoms with Crippen LogP contribution in [-0.4, -0.2) is 25.8 Å². The van der Waals surface area contributed by atoms with Crippen LogP contribution in [0.5, 0.6) is 28.7 Å². The average Bonchev–Trinajstić information content (AvgIpc) is 2.88. The van der Waals surface area contributed by atoms with Gasteiger partial charge in [-0.15, -0.1) is 0 Å². The van der Waals surface area contributed by atoms with E-state index in [1.807, 2.05) is 57.2 Å². The van der Waals surface area contributed by atoms with Gasteiger partial charge >= 0.3 is 5.97 Å². The molecule has 1 aliphatic rings. The Morgan fingerprint density at radius 2 is 1.76 bits per heavy atom. The molecule has 0 fully saturated rings. The first-order chi connectivity index (χ1) is 17.9. The number of hydrogen-bond acceptors (Lipinski definition) is 8. The molecule has 4 rings (SSSR count). The lowest BCUT2D eigenvalue weighted by Crippen LogP contribution is -2.22. The van der Waals surface area contributed by atoms with E-state index >= 15 is 0 Å². The van der Waals surface area contributed by atoms with Crippen LogP contribution >= 0.6 is 0 Å². The fraction of sp³-hybridized carbons (Fsp3) is 0.241. The van der Waals surface area contributed by atoms with E-state index in [2.05, 4.69) is 6.07 Å². The Kier molecular flexibility index (Phi) is 7.84. The number of nitrogens with two attached hydrogens (primary N) is 1. The highest BCUT2D eigenvalue weighted by Crippen LogP contribution is 2.45. The van der Waals surface area contributed by atoms with Gasteiger partial charge in [0.25, 0.3) is 0 Å². The number of nitriles is 1. The molecule has 0 amide bonds. The van der Waals surface area contributed by atoms with E-state index in [-0.39, 0.29) is 23.8 Å². The Labute approximate surface area is 215 Å². The number of rotatable bonds is 9. The monoisotopic (exact) mass is 500 g/mol. The third-order valence-electron chi connectivity index (χ3n) is 5.67. The second-order valence-corrected chi connectivity index (χ2v) is 8.28. The Bertz CT molecular complexity index is 1380. The summed E-state index contributed by atoms with van der Waals surface area (Å²) in [6.07, 6.45) is 0. The summed E-state index contributed by atoms with van der Waals surface area (Å²) in [5.41, 5.74) is 8.92. The zero-order valence-corrected chi connectivity index (χ0v) is 20.9. The van der Waals surface area contributed by atoms with Crippen LogP contribution in [0.3, 0.4) is 0 Å².